The Morgan fingerprint density at radius 2 is 2.00 bits per heavy atom. The Balaban J connectivity index is 4.24. The van der Waals surface area contributed by atoms with E-state index in [0.29, 0.717) is 12.8 Å². The molecular weight excluding hydrogens is 220 g/mol. The number of carboxylic acid groups (broad SMARTS) is 1. The van der Waals surface area contributed by atoms with Crippen molar-refractivity contribution in [3.63, 3.8) is 0 Å². The van der Waals surface area contributed by atoms with Crippen molar-refractivity contribution in [2.45, 2.75) is 39.7 Å². The minimum atomic E-state index is -0.983. The second kappa shape index (κ2) is 8.03. The number of rotatable bonds is 7. The Hall–Kier alpha value is -1.13. The summed E-state index contributed by atoms with van der Waals surface area (Å²) >= 11 is 0. The molecule has 0 aliphatic rings. The highest BCUT2D eigenvalue weighted by atomic mass is 16.4. The van der Waals surface area contributed by atoms with Gasteiger partial charge in [0.25, 0.3) is 0 Å². The largest absolute Gasteiger partial charge is 0.481 e. The van der Waals surface area contributed by atoms with Crippen molar-refractivity contribution in [3.8, 4) is 0 Å². The number of aliphatic hydroxyl groups excluding tert-OH is 2. The number of carbonyl (C=O) groups is 1. The van der Waals surface area contributed by atoms with Gasteiger partial charge in [-0.25, -0.2) is 0 Å². The lowest BCUT2D eigenvalue weighted by molar-refractivity contribution is -0.144. The van der Waals surface area contributed by atoms with E-state index in [0.717, 1.165) is 11.1 Å². The van der Waals surface area contributed by atoms with Crippen molar-refractivity contribution in [3.05, 3.63) is 23.3 Å². The Morgan fingerprint density at radius 1 is 1.41 bits per heavy atom. The highest BCUT2D eigenvalue weighted by molar-refractivity contribution is 5.70. The lowest BCUT2D eigenvalue weighted by Gasteiger charge is -2.14. The third-order valence-electron chi connectivity index (χ3n) is 2.79. The van der Waals surface area contributed by atoms with Gasteiger partial charge in [0.1, 0.15) is 0 Å². The Kier molecular flexibility index (Phi) is 7.50. The molecule has 0 spiro atoms. The topological polar surface area (TPSA) is 77.8 Å². The van der Waals surface area contributed by atoms with Gasteiger partial charge in [-0.05, 0) is 39.2 Å². The summed E-state index contributed by atoms with van der Waals surface area (Å²) in [6.45, 7) is 5.23. The lowest BCUT2D eigenvalue weighted by atomic mass is 9.98. The van der Waals surface area contributed by atoms with Crippen LogP contribution in [0.15, 0.2) is 23.3 Å². The zero-order chi connectivity index (χ0) is 13.4. The predicted molar refractivity (Wildman–Crippen MR) is 66.6 cm³/mol. The van der Waals surface area contributed by atoms with Crippen molar-refractivity contribution in [2.24, 2.45) is 5.92 Å². The number of hydrogen-bond donors (Lipinski definition) is 3. The summed E-state index contributed by atoms with van der Waals surface area (Å²) in [6.07, 6.45) is 3.88. The molecule has 0 aliphatic carbocycles. The van der Waals surface area contributed by atoms with Crippen LogP contribution in [0.25, 0.3) is 0 Å². The first-order valence-electron chi connectivity index (χ1n) is 5.76. The van der Waals surface area contributed by atoms with Crippen molar-refractivity contribution >= 4 is 5.97 Å². The van der Waals surface area contributed by atoms with Gasteiger partial charge in [0.2, 0.25) is 0 Å². The molecule has 0 aromatic heterocycles. The van der Waals surface area contributed by atoms with Gasteiger partial charge in [0, 0.05) is 0 Å². The highest BCUT2D eigenvalue weighted by Gasteiger charge is 2.20. The average molecular weight is 242 g/mol. The number of allylic oxidation sites excluding steroid dienone is 2. The first-order valence-corrected chi connectivity index (χ1v) is 5.76. The summed E-state index contributed by atoms with van der Waals surface area (Å²) in [5, 5.41) is 27.3. The van der Waals surface area contributed by atoms with Crippen LogP contribution in [-0.2, 0) is 4.79 Å². The second-order valence-corrected chi connectivity index (χ2v) is 4.25. The molecule has 0 radical (unpaired) electrons. The Bertz CT molecular complexity index is 305. The van der Waals surface area contributed by atoms with Crippen molar-refractivity contribution in [1.82, 2.24) is 0 Å². The maximum Gasteiger partial charge on any atom is 0.308 e. The Labute approximate surface area is 102 Å². The van der Waals surface area contributed by atoms with E-state index in [1.807, 2.05) is 26.0 Å². The molecule has 4 heteroatoms. The van der Waals surface area contributed by atoms with Crippen LogP contribution < -0.4 is 0 Å². The zero-order valence-corrected chi connectivity index (χ0v) is 10.7. The molecular formula is C13H22O4. The molecule has 0 rings (SSSR count). The quantitative estimate of drug-likeness (QED) is 0.594. The summed E-state index contributed by atoms with van der Waals surface area (Å²) in [6, 6.07) is 0. The molecule has 0 fully saturated rings. The number of aliphatic hydroxyl groups is 2. The summed E-state index contributed by atoms with van der Waals surface area (Å²) < 4.78 is 0. The molecule has 0 bridgehead atoms. The number of hydrogen-bond acceptors (Lipinski definition) is 3. The summed E-state index contributed by atoms with van der Waals surface area (Å²) in [5.74, 6) is -1.73. The second-order valence-electron chi connectivity index (χ2n) is 4.25. The molecule has 4 nitrogen and oxygen atoms in total. The fourth-order valence-electron chi connectivity index (χ4n) is 1.40. The zero-order valence-electron chi connectivity index (χ0n) is 10.7. The van der Waals surface area contributed by atoms with Gasteiger partial charge >= 0.3 is 5.97 Å². The van der Waals surface area contributed by atoms with Crippen LogP contribution in [0.5, 0.6) is 0 Å². The molecule has 98 valence electrons. The summed E-state index contributed by atoms with van der Waals surface area (Å²) in [4.78, 5) is 10.6. The van der Waals surface area contributed by atoms with Gasteiger partial charge in [0.15, 0.2) is 0 Å². The molecule has 0 aromatic carbocycles. The molecule has 0 amide bonds. The molecule has 3 N–H and O–H groups in total. The van der Waals surface area contributed by atoms with Gasteiger partial charge in [0.05, 0.1) is 18.6 Å². The van der Waals surface area contributed by atoms with E-state index in [1.165, 1.54) is 6.92 Å². The van der Waals surface area contributed by atoms with E-state index in [-0.39, 0.29) is 6.61 Å². The average Bonchev–Trinajstić information content (AvgIpc) is 2.31. The van der Waals surface area contributed by atoms with Crippen LogP contribution in [0.1, 0.15) is 33.6 Å². The van der Waals surface area contributed by atoms with E-state index >= 15 is 0 Å². The van der Waals surface area contributed by atoms with E-state index in [1.54, 1.807) is 0 Å². The van der Waals surface area contributed by atoms with Crippen molar-refractivity contribution in [1.29, 1.82) is 0 Å². The van der Waals surface area contributed by atoms with Crippen LogP contribution in [0.3, 0.4) is 0 Å². The molecule has 17 heavy (non-hydrogen) atoms. The summed E-state index contributed by atoms with van der Waals surface area (Å²) in [7, 11) is 0. The molecule has 2 atom stereocenters. The van der Waals surface area contributed by atoms with Crippen molar-refractivity contribution < 1.29 is 20.1 Å². The van der Waals surface area contributed by atoms with Crippen LogP contribution in [0.2, 0.25) is 0 Å². The predicted octanol–water partition coefficient (Wildman–Crippen LogP) is 1.73. The van der Waals surface area contributed by atoms with Crippen LogP contribution >= 0.6 is 0 Å². The number of carboxylic acids is 1. The van der Waals surface area contributed by atoms with Crippen LogP contribution in [0, 0.1) is 5.92 Å². The van der Waals surface area contributed by atoms with Gasteiger partial charge in [-0.15, -0.1) is 0 Å². The SMILES string of the molecule is C/C=C(/C=C(\C)CCC(O)C(C)C(=O)O)CO. The lowest BCUT2D eigenvalue weighted by Crippen LogP contribution is -2.25. The van der Waals surface area contributed by atoms with Crippen molar-refractivity contribution in [2.75, 3.05) is 6.61 Å². The van der Waals surface area contributed by atoms with E-state index in [4.69, 9.17) is 10.2 Å². The van der Waals surface area contributed by atoms with Crippen LogP contribution in [-0.4, -0.2) is 34.0 Å². The summed E-state index contributed by atoms with van der Waals surface area (Å²) in [5.41, 5.74) is 1.84. The third kappa shape index (κ3) is 6.24. The first-order chi connectivity index (χ1) is 7.92. The maximum atomic E-state index is 10.6. The fourth-order valence-corrected chi connectivity index (χ4v) is 1.40. The standard InChI is InChI=1S/C13H22O4/c1-4-11(8-14)7-9(2)5-6-12(15)10(3)13(16)17/h4,7,10,12,14-15H,5-6,8H2,1-3H3,(H,16,17)/b9-7+,11-4-. The minimum Gasteiger partial charge on any atom is -0.481 e. The minimum absolute atomic E-state index is 0.0120. The molecule has 0 saturated heterocycles. The molecule has 0 saturated carbocycles. The van der Waals surface area contributed by atoms with Gasteiger partial charge in [-0.2, -0.15) is 0 Å². The molecule has 0 aliphatic heterocycles. The first kappa shape index (κ1) is 15.9. The van der Waals surface area contributed by atoms with E-state index < -0.39 is 18.0 Å². The number of aliphatic carboxylic acids is 1. The smallest absolute Gasteiger partial charge is 0.308 e. The third-order valence-corrected chi connectivity index (χ3v) is 2.79. The van der Waals surface area contributed by atoms with E-state index in [2.05, 4.69) is 0 Å². The Morgan fingerprint density at radius 3 is 2.41 bits per heavy atom. The maximum absolute atomic E-state index is 10.6. The highest BCUT2D eigenvalue weighted by Crippen LogP contribution is 2.15. The monoisotopic (exact) mass is 242 g/mol. The van der Waals surface area contributed by atoms with Gasteiger partial charge < -0.3 is 15.3 Å². The molecule has 0 heterocycles. The molecule has 0 aromatic rings. The van der Waals surface area contributed by atoms with Crippen LogP contribution in [0.4, 0.5) is 0 Å². The van der Waals surface area contributed by atoms with Gasteiger partial charge in [-0.3, -0.25) is 4.79 Å². The fraction of sp³-hybridized carbons (Fsp3) is 0.615. The van der Waals surface area contributed by atoms with Gasteiger partial charge in [-0.1, -0.05) is 17.7 Å². The van der Waals surface area contributed by atoms with E-state index in [9.17, 15) is 9.90 Å². The normalized spacial score (nSPS) is 16.8. The molecule has 2 unspecified atom stereocenters.